The number of rotatable bonds is 4. The quantitative estimate of drug-likeness (QED) is 0.459. The summed E-state index contributed by atoms with van der Waals surface area (Å²) in [5, 5.41) is 3.20. The molecule has 4 aliphatic rings. The number of benzene rings is 2. The van der Waals surface area contributed by atoms with Crippen LogP contribution in [0.15, 0.2) is 47.5 Å². The van der Waals surface area contributed by atoms with Crippen LogP contribution >= 0.6 is 0 Å². The standard InChI is InChI=1S/C32H40F2N4O3/c1-4-32-15-6-5-8-20-11-13-26-23(16-20)24(18-31(2,3)41-26)36-29(40)22-10-7-9-21(17-22)25(12-14-27(33)34)38(28(39)19-32)30(35)37-32/h7,9-11,13,16-17,24-25,27H,4-6,8,12,14-15,18-19H2,1-3H3,(H2,35,37)(H,36,40)/t24-,25-,32+/m0/s1. The summed E-state index contributed by atoms with van der Waals surface area (Å²) in [4.78, 5) is 33.5. The number of carbonyl (C=O) groups is 2. The molecule has 41 heavy (non-hydrogen) atoms. The van der Waals surface area contributed by atoms with Gasteiger partial charge >= 0.3 is 0 Å². The molecule has 0 aromatic heterocycles. The van der Waals surface area contributed by atoms with Crippen LogP contribution in [0.3, 0.4) is 0 Å². The van der Waals surface area contributed by atoms with Crippen LogP contribution in [-0.2, 0) is 11.2 Å². The van der Waals surface area contributed by atoms with E-state index >= 15 is 0 Å². The van der Waals surface area contributed by atoms with Crippen molar-refractivity contribution in [3.63, 3.8) is 0 Å². The Labute approximate surface area is 240 Å². The van der Waals surface area contributed by atoms with E-state index in [-0.39, 0.29) is 36.7 Å². The van der Waals surface area contributed by atoms with Gasteiger partial charge in [0, 0.05) is 24.0 Å². The van der Waals surface area contributed by atoms with Gasteiger partial charge in [0.1, 0.15) is 11.4 Å². The lowest BCUT2D eigenvalue weighted by Crippen LogP contribution is -2.52. The second-order valence-electron chi connectivity index (χ2n) is 12.3. The van der Waals surface area contributed by atoms with Crippen LogP contribution in [0.1, 0.15) is 111 Å². The Balaban J connectivity index is 1.58. The number of carbonyl (C=O) groups excluding carboxylic acids is 2. The molecule has 220 valence electrons. The lowest BCUT2D eigenvalue weighted by molar-refractivity contribution is -0.132. The number of nitrogens with zero attached hydrogens (tertiary/aromatic N) is 2. The van der Waals surface area contributed by atoms with Gasteiger partial charge in [-0.1, -0.05) is 37.6 Å². The monoisotopic (exact) mass is 566 g/mol. The number of hydrogen-bond donors (Lipinski definition) is 2. The fourth-order valence-corrected chi connectivity index (χ4v) is 6.52. The largest absolute Gasteiger partial charge is 0.487 e. The molecule has 3 N–H and O–H groups in total. The number of nitrogens with two attached hydrogens (primary N) is 1. The molecule has 4 aliphatic heterocycles. The predicted molar refractivity (Wildman–Crippen MR) is 154 cm³/mol. The number of amides is 2. The van der Waals surface area contributed by atoms with Crippen molar-refractivity contribution in [3.8, 4) is 5.75 Å². The van der Waals surface area contributed by atoms with Crippen LogP contribution in [0, 0.1) is 0 Å². The maximum atomic E-state index is 13.6. The van der Waals surface area contributed by atoms with E-state index < -0.39 is 30.0 Å². The van der Waals surface area contributed by atoms with Crippen molar-refractivity contribution in [2.24, 2.45) is 10.7 Å². The molecule has 0 fully saturated rings. The number of halogens is 2. The Bertz CT molecular complexity index is 1340. The number of nitrogens with one attached hydrogen (secondary N) is 1. The summed E-state index contributed by atoms with van der Waals surface area (Å²) in [6, 6.07) is 12.0. The third-order valence-electron chi connectivity index (χ3n) is 8.70. The molecule has 6 rings (SSSR count). The molecular formula is C32H40F2N4O3. The molecule has 0 aliphatic carbocycles. The molecule has 9 heteroatoms. The first kappa shape index (κ1) is 29.0. The van der Waals surface area contributed by atoms with E-state index in [1.807, 2.05) is 26.8 Å². The van der Waals surface area contributed by atoms with Crippen LogP contribution in [0.25, 0.3) is 0 Å². The van der Waals surface area contributed by atoms with E-state index in [1.165, 1.54) is 4.90 Å². The number of hydrogen-bond acceptors (Lipinski definition) is 5. The molecule has 2 amide bonds. The van der Waals surface area contributed by atoms with Gasteiger partial charge in [-0.15, -0.1) is 0 Å². The van der Waals surface area contributed by atoms with Crippen LogP contribution in [0.4, 0.5) is 8.78 Å². The van der Waals surface area contributed by atoms with Crippen molar-refractivity contribution < 1.29 is 23.1 Å². The van der Waals surface area contributed by atoms with Crippen molar-refractivity contribution >= 4 is 17.8 Å². The van der Waals surface area contributed by atoms with Gasteiger partial charge in [0.15, 0.2) is 5.96 Å². The topological polar surface area (TPSA) is 97.0 Å². The van der Waals surface area contributed by atoms with E-state index in [9.17, 15) is 18.4 Å². The van der Waals surface area contributed by atoms with Crippen LogP contribution in [0.5, 0.6) is 5.75 Å². The first-order valence-electron chi connectivity index (χ1n) is 14.7. The highest BCUT2D eigenvalue weighted by Gasteiger charge is 2.41. The van der Waals surface area contributed by atoms with E-state index in [0.29, 0.717) is 30.4 Å². The molecule has 0 unspecified atom stereocenters. The zero-order chi connectivity index (χ0) is 29.4. The average Bonchev–Trinajstić information content (AvgIpc) is 2.91. The third kappa shape index (κ3) is 6.23. The van der Waals surface area contributed by atoms with Crippen LogP contribution in [-0.4, -0.2) is 40.2 Å². The second kappa shape index (κ2) is 11.4. The highest BCUT2D eigenvalue weighted by molar-refractivity contribution is 6.00. The number of aliphatic imine (C=N–C) groups is 1. The Morgan fingerprint density at radius 3 is 2.71 bits per heavy atom. The first-order valence-corrected chi connectivity index (χ1v) is 14.7. The summed E-state index contributed by atoms with van der Waals surface area (Å²) in [5.41, 5.74) is 8.45. The van der Waals surface area contributed by atoms with Gasteiger partial charge in [-0.25, -0.2) is 13.8 Å². The highest BCUT2D eigenvalue weighted by atomic mass is 19.3. The smallest absolute Gasteiger partial charge is 0.251 e. The molecule has 6 bridgehead atoms. The van der Waals surface area contributed by atoms with Gasteiger partial charge in [-0.05, 0) is 75.3 Å². The van der Waals surface area contributed by atoms with Gasteiger partial charge < -0.3 is 15.8 Å². The van der Waals surface area contributed by atoms with E-state index in [0.717, 1.165) is 36.1 Å². The van der Waals surface area contributed by atoms with Crippen molar-refractivity contribution in [3.05, 3.63) is 64.7 Å². The van der Waals surface area contributed by atoms with Crippen molar-refractivity contribution in [1.82, 2.24) is 10.2 Å². The molecule has 2 aromatic rings. The number of fused-ring (bicyclic) bond motifs is 5. The summed E-state index contributed by atoms with van der Waals surface area (Å²) >= 11 is 0. The Kier molecular flexibility index (Phi) is 8.08. The van der Waals surface area contributed by atoms with Crippen molar-refractivity contribution in [2.75, 3.05) is 0 Å². The maximum absolute atomic E-state index is 13.6. The van der Waals surface area contributed by atoms with Gasteiger partial charge in [0.2, 0.25) is 12.3 Å². The molecular weight excluding hydrogens is 526 g/mol. The zero-order valence-electron chi connectivity index (χ0n) is 24.1. The third-order valence-corrected chi connectivity index (χ3v) is 8.70. The fourth-order valence-electron chi connectivity index (χ4n) is 6.52. The molecule has 0 saturated carbocycles. The molecule has 0 radical (unpaired) electrons. The molecule has 3 atom stereocenters. The molecule has 2 aromatic carbocycles. The van der Waals surface area contributed by atoms with E-state index in [1.54, 1.807) is 24.3 Å². The van der Waals surface area contributed by atoms with Gasteiger partial charge in [-0.2, -0.15) is 0 Å². The lowest BCUT2D eigenvalue weighted by Gasteiger charge is -2.41. The minimum absolute atomic E-state index is 0.00582. The van der Waals surface area contributed by atoms with Crippen LogP contribution in [0.2, 0.25) is 0 Å². The van der Waals surface area contributed by atoms with Crippen LogP contribution < -0.4 is 15.8 Å². The summed E-state index contributed by atoms with van der Waals surface area (Å²) in [6.45, 7) is 6.02. The minimum Gasteiger partial charge on any atom is -0.487 e. The zero-order valence-corrected chi connectivity index (χ0v) is 24.1. The number of aryl methyl sites for hydroxylation is 1. The number of alkyl halides is 2. The van der Waals surface area contributed by atoms with Crippen molar-refractivity contribution in [1.29, 1.82) is 0 Å². The fraction of sp³-hybridized carbons (Fsp3) is 0.531. The molecule has 7 nitrogen and oxygen atoms in total. The summed E-state index contributed by atoms with van der Waals surface area (Å²) in [7, 11) is 0. The normalized spacial score (nSPS) is 26.1. The summed E-state index contributed by atoms with van der Waals surface area (Å²) in [5.74, 6) is 0.322. The summed E-state index contributed by atoms with van der Waals surface area (Å²) < 4.78 is 33.1. The van der Waals surface area contributed by atoms with Gasteiger partial charge in [0.05, 0.1) is 24.0 Å². The average molecular weight is 567 g/mol. The van der Waals surface area contributed by atoms with E-state index in [2.05, 4.69) is 17.4 Å². The maximum Gasteiger partial charge on any atom is 0.251 e. The highest BCUT2D eigenvalue weighted by Crippen LogP contribution is 2.41. The Morgan fingerprint density at radius 2 is 1.98 bits per heavy atom. The molecule has 0 spiro atoms. The van der Waals surface area contributed by atoms with Gasteiger partial charge in [-0.3, -0.25) is 14.5 Å². The first-order chi connectivity index (χ1) is 19.5. The predicted octanol–water partition coefficient (Wildman–Crippen LogP) is 6.23. The molecule has 0 saturated heterocycles. The minimum atomic E-state index is -2.54. The SMILES string of the molecule is CC[C@@]12CCCCc3ccc4c(c3)[C@H](CC(C)(C)O4)NC(=O)c3cccc(c3)[C@H](CCC(F)F)N(C(=O)C1)C(N)=N2. The van der Waals surface area contributed by atoms with E-state index in [4.69, 9.17) is 15.5 Å². The second-order valence-corrected chi connectivity index (χ2v) is 12.3. The number of guanidine groups is 1. The molecule has 4 heterocycles. The Morgan fingerprint density at radius 1 is 1.17 bits per heavy atom. The summed E-state index contributed by atoms with van der Waals surface area (Å²) in [6.07, 6.45) is 1.78. The van der Waals surface area contributed by atoms with Gasteiger partial charge in [0.25, 0.3) is 5.91 Å². The lowest BCUT2D eigenvalue weighted by atomic mass is 9.84. The van der Waals surface area contributed by atoms with Crippen molar-refractivity contribution in [2.45, 2.75) is 108 Å². The number of ether oxygens (including phenoxy) is 1. The Hall–Kier alpha value is -3.49.